The fraction of sp³-hybridized carbons (Fsp3) is 0. The van der Waals surface area contributed by atoms with Gasteiger partial charge in [0.15, 0.2) is 0 Å². The van der Waals surface area contributed by atoms with Gasteiger partial charge in [-0.25, -0.2) is 4.39 Å². The van der Waals surface area contributed by atoms with Crippen LogP contribution in [-0.4, -0.2) is 14.3 Å². The van der Waals surface area contributed by atoms with Crippen molar-refractivity contribution in [2.24, 2.45) is 4.40 Å². The van der Waals surface area contributed by atoms with E-state index in [4.69, 9.17) is 11.6 Å². The van der Waals surface area contributed by atoms with Gasteiger partial charge in [-0.3, -0.25) is 0 Å². The number of rotatable bonds is 4. The maximum Gasteiger partial charge on any atom is 1.00 e. The zero-order chi connectivity index (χ0) is 17.0. The van der Waals surface area contributed by atoms with Crippen LogP contribution in [0.1, 0.15) is 11.1 Å². The predicted molar refractivity (Wildman–Crippen MR) is 90.0 cm³/mol. The molecule has 0 aliphatic heterocycles. The van der Waals surface area contributed by atoms with Crippen molar-refractivity contribution in [1.29, 1.82) is 0 Å². The molecule has 0 N–H and O–H groups in total. The van der Waals surface area contributed by atoms with Crippen molar-refractivity contribution in [3.05, 3.63) is 74.3 Å². The average Bonchev–Trinajstić information content (AvgIpc) is 2.45. The molecule has 2 aromatic carbocycles. The molecule has 0 heterocycles. The second kappa shape index (κ2) is 9.12. The van der Waals surface area contributed by atoms with Gasteiger partial charge >= 0.3 is 29.6 Å². The number of benzene rings is 2. The van der Waals surface area contributed by atoms with Crippen LogP contribution in [0.4, 0.5) is 4.39 Å². The number of hydrogen-bond acceptors (Lipinski definition) is 3. The summed E-state index contributed by atoms with van der Waals surface area (Å²) in [5.41, 5.74) is 0.421. The van der Waals surface area contributed by atoms with Gasteiger partial charge in [0.25, 0.3) is 10.0 Å². The van der Waals surface area contributed by atoms with Crippen LogP contribution in [0.3, 0.4) is 0 Å². The Morgan fingerprint density at radius 1 is 1.25 bits per heavy atom. The van der Waals surface area contributed by atoms with Crippen molar-refractivity contribution in [1.82, 2.24) is 0 Å². The van der Waals surface area contributed by atoms with Crippen LogP contribution in [0, 0.1) is 5.82 Å². The molecular weight excluding hydrogens is 432 g/mol. The van der Waals surface area contributed by atoms with E-state index in [-0.39, 0.29) is 39.6 Å². The molecule has 0 saturated carbocycles. The van der Waals surface area contributed by atoms with Crippen molar-refractivity contribution < 1.29 is 47.5 Å². The van der Waals surface area contributed by atoms with Gasteiger partial charge in [0.05, 0.1) is 5.41 Å². The van der Waals surface area contributed by atoms with Crippen LogP contribution >= 0.6 is 27.5 Å². The van der Waals surface area contributed by atoms with Gasteiger partial charge in [-0.2, -0.15) is 12.8 Å². The summed E-state index contributed by atoms with van der Waals surface area (Å²) in [7, 11) is -4.15. The fourth-order valence-corrected chi connectivity index (χ4v) is 3.06. The first-order valence-corrected chi connectivity index (χ1v) is 8.86. The minimum Gasteiger partial charge on any atom is -0.858 e. The van der Waals surface area contributed by atoms with E-state index in [1.165, 1.54) is 6.08 Å². The molecule has 120 valence electrons. The molecule has 0 amide bonds. The maximum absolute atomic E-state index is 13.0. The van der Waals surface area contributed by atoms with E-state index in [0.29, 0.717) is 10.6 Å². The molecule has 0 radical (unpaired) electrons. The number of hydrogen-bond donors (Lipinski definition) is 0. The van der Waals surface area contributed by atoms with E-state index in [1.807, 2.05) is 0 Å². The van der Waals surface area contributed by atoms with Gasteiger partial charge in [-0.05, 0) is 35.9 Å². The second-order valence-electron chi connectivity index (χ2n) is 4.36. The van der Waals surface area contributed by atoms with Crippen LogP contribution in [0.15, 0.2) is 56.7 Å². The van der Waals surface area contributed by atoms with E-state index in [2.05, 4.69) is 20.3 Å². The molecule has 2 aromatic rings. The Hall–Kier alpha value is -0.700. The Bertz CT molecular complexity index is 903. The van der Waals surface area contributed by atoms with E-state index >= 15 is 0 Å². The average molecular weight is 441 g/mol. The van der Waals surface area contributed by atoms with Crippen LogP contribution in [0.5, 0.6) is 0 Å². The van der Waals surface area contributed by atoms with Gasteiger partial charge in [0, 0.05) is 21.0 Å². The van der Waals surface area contributed by atoms with E-state index < -0.39 is 21.7 Å². The Kier molecular flexibility index (Phi) is 8.11. The third kappa shape index (κ3) is 5.98. The van der Waals surface area contributed by atoms with Crippen LogP contribution in [0.2, 0.25) is 5.02 Å². The summed E-state index contributed by atoms with van der Waals surface area (Å²) in [5.74, 6) is -1.56. The molecule has 0 aliphatic carbocycles. The summed E-state index contributed by atoms with van der Waals surface area (Å²) in [5, 5.41) is 13.1. The van der Waals surface area contributed by atoms with Crippen molar-refractivity contribution in [2.45, 2.75) is 0 Å². The van der Waals surface area contributed by atoms with Crippen molar-refractivity contribution >= 4 is 49.5 Å². The van der Waals surface area contributed by atoms with Gasteiger partial charge in [-0.1, -0.05) is 45.7 Å². The topological polar surface area (TPSA) is 69.6 Å². The molecule has 24 heavy (non-hydrogen) atoms. The predicted octanol–water partition coefficient (Wildman–Crippen LogP) is 0.353. The number of halogens is 3. The van der Waals surface area contributed by atoms with E-state index in [0.717, 1.165) is 23.6 Å². The molecule has 0 atom stereocenters. The zero-order valence-corrected chi connectivity index (χ0v) is 17.6. The summed E-state index contributed by atoms with van der Waals surface area (Å²) in [4.78, 5) is 0. The Labute approximate surface area is 174 Å². The molecule has 9 heteroatoms. The molecule has 4 nitrogen and oxygen atoms in total. The molecular formula is C15H9BrClFNNaO3S. The minimum absolute atomic E-state index is 0. The largest absolute Gasteiger partial charge is 1.00 e. The summed E-state index contributed by atoms with van der Waals surface area (Å²) in [6, 6.07) is 9.86. The van der Waals surface area contributed by atoms with E-state index in [1.54, 1.807) is 24.3 Å². The third-order valence-corrected chi connectivity index (χ3v) is 4.60. The van der Waals surface area contributed by atoms with Crippen LogP contribution < -0.4 is 34.7 Å². The first kappa shape index (κ1) is 21.3. The monoisotopic (exact) mass is 439 g/mol. The molecule has 0 fully saturated rings. The minimum atomic E-state index is -4.15. The molecule has 0 saturated heterocycles. The Morgan fingerprint density at radius 3 is 2.54 bits per heavy atom. The summed E-state index contributed by atoms with van der Waals surface area (Å²) in [6.45, 7) is 0. The van der Waals surface area contributed by atoms with Crippen LogP contribution in [-0.2, 0) is 10.0 Å². The van der Waals surface area contributed by atoms with Gasteiger partial charge < -0.3 is 5.11 Å². The first-order chi connectivity index (χ1) is 10.8. The zero-order valence-electron chi connectivity index (χ0n) is 12.4. The summed E-state index contributed by atoms with van der Waals surface area (Å²) < 4.78 is 40.0. The van der Waals surface area contributed by atoms with Gasteiger partial charge in [0.1, 0.15) is 5.82 Å². The quantitative estimate of drug-likeness (QED) is 0.391. The van der Waals surface area contributed by atoms with Crippen LogP contribution in [0.25, 0.3) is 6.08 Å². The molecule has 0 aliphatic rings. The molecule has 0 spiro atoms. The fourth-order valence-electron chi connectivity index (χ4n) is 1.63. The SMILES string of the molecule is O=S(=O)(/C=C/c1ccccc1Cl)/N=C(\[O-])c1ccc(F)cc1Br.[Na+]. The maximum atomic E-state index is 13.0. The normalized spacial score (nSPS) is 12.2. The van der Waals surface area contributed by atoms with Gasteiger partial charge in [0.2, 0.25) is 0 Å². The van der Waals surface area contributed by atoms with Gasteiger partial charge in [-0.15, -0.1) is 0 Å². The second-order valence-corrected chi connectivity index (χ2v) is 7.11. The van der Waals surface area contributed by atoms with E-state index in [9.17, 15) is 17.9 Å². The summed E-state index contributed by atoms with van der Waals surface area (Å²) in [6.07, 6.45) is 1.24. The summed E-state index contributed by atoms with van der Waals surface area (Å²) >= 11 is 8.89. The standard InChI is InChI=1S/C15H10BrClFNO3S.Na/c16-13-9-11(18)5-6-12(13)15(20)19-23(21,22)8-7-10-3-1-2-4-14(10)17;/h1-9H,(H,19,20);/q;+1/p-1/b8-7+;. The smallest absolute Gasteiger partial charge is 0.858 e. The third-order valence-electron chi connectivity index (χ3n) is 2.70. The molecule has 2 rings (SSSR count). The number of nitrogens with zero attached hydrogens (tertiary/aromatic N) is 1. The Morgan fingerprint density at radius 2 is 1.92 bits per heavy atom. The van der Waals surface area contributed by atoms with Crippen molar-refractivity contribution in [3.8, 4) is 0 Å². The molecule has 0 unspecified atom stereocenters. The van der Waals surface area contributed by atoms with Crippen molar-refractivity contribution in [2.75, 3.05) is 0 Å². The molecule has 0 aromatic heterocycles. The van der Waals surface area contributed by atoms with Crippen molar-refractivity contribution in [3.63, 3.8) is 0 Å². The first-order valence-electron chi connectivity index (χ1n) is 6.18. The molecule has 0 bridgehead atoms. The number of sulfonamides is 1. The Balaban J connectivity index is 0.00000288.